The van der Waals surface area contributed by atoms with Crippen LogP contribution in [-0.4, -0.2) is 16.8 Å². The maximum atomic E-state index is 12.4. The highest BCUT2D eigenvalue weighted by Gasteiger charge is 2.10. The van der Waals surface area contributed by atoms with Gasteiger partial charge in [-0.1, -0.05) is 42.5 Å². The average Bonchev–Trinajstić information content (AvgIpc) is 2.69. The highest BCUT2D eigenvalue weighted by atomic mass is 16.2. The zero-order chi connectivity index (χ0) is 19.1. The second-order valence-corrected chi connectivity index (χ2v) is 6.23. The number of carbonyl (C=O) groups is 2. The van der Waals surface area contributed by atoms with Gasteiger partial charge in [0.2, 0.25) is 5.91 Å². The van der Waals surface area contributed by atoms with E-state index in [4.69, 9.17) is 0 Å². The quantitative estimate of drug-likeness (QED) is 0.708. The van der Waals surface area contributed by atoms with E-state index in [-0.39, 0.29) is 11.8 Å². The molecule has 136 valence electrons. The first-order chi connectivity index (χ1) is 13.1. The van der Waals surface area contributed by atoms with Crippen LogP contribution >= 0.6 is 0 Å². The van der Waals surface area contributed by atoms with E-state index >= 15 is 0 Å². The molecule has 0 saturated heterocycles. The van der Waals surface area contributed by atoms with Gasteiger partial charge in [-0.3, -0.25) is 14.6 Å². The first-order valence-electron chi connectivity index (χ1n) is 8.74. The van der Waals surface area contributed by atoms with Crippen molar-refractivity contribution in [3.8, 4) is 0 Å². The lowest BCUT2D eigenvalue weighted by atomic mass is 10.1. The van der Waals surface area contributed by atoms with Crippen molar-refractivity contribution in [2.75, 3.05) is 5.32 Å². The minimum Gasteiger partial charge on any atom is -0.348 e. The minimum atomic E-state index is -0.205. The second-order valence-electron chi connectivity index (χ2n) is 6.23. The molecule has 0 saturated carbocycles. The lowest BCUT2D eigenvalue weighted by Gasteiger charge is -2.12. The van der Waals surface area contributed by atoms with Crippen molar-refractivity contribution in [1.82, 2.24) is 10.3 Å². The molecule has 0 spiro atoms. The third-order valence-electron chi connectivity index (χ3n) is 4.27. The summed E-state index contributed by atoms with van der Waals surface area (Å²) in [7, 11) is 0. The smallest absolute Gasteiger partial charge is 0.253 e. The zero-order valence-electron chi connectivity index (χ0n) is 15.1. The van der Waals surface area contributed by atoms with Crippen LogP contribution in [0.5, 0.6) is 0 Å². The fraction of sp³-hybridized carbons (Fsp3) is 0.136. The van der Waals surface area contributed by atoms with E-state index in [1.54, 1.807) is 18.3 Å². The van der Waals surface area contributed by atoms with Crippen LogP contribution in [0.3, 0.4) is 0 Å². The largest absolute Gasteiger partial charge is 0.348 e. The highest BCUT2D eigenvalue weighted by molar-refractivity contribution is 5.95. The van der Waals surface area contributed by atoms with E-state index in [1.165, 1.54) is 6.20 Å². The molecule has 5 nitrogen and oxygen atoms in total. The standard InChI is InChI=1S/C22H21N3O2/c1-16-7-2-3-8-17(16)13-21(26)25-20-11-5-4-9-18(20)15-24-22(27)19-10-6-12-23-14-19/h2-12,14H,13,15H2,1H3,(H,24,27)(H,25,26). The number of hydrogen-bond donors (Lipinski definition) is 2. The van der Waals surface area contributed by atoms with Crippen LogP contribution in [-0.2, 0) is 17.8 Å². The van der Waals surface area contributed by atoms with Gasteiger partial charge < -0.3 is 10.6 Å². The third-order valence-corrected chi connectivity index (χ3v) is 4.27. The van der Waals surface area contributed by atoms with Gasteiger partial charge in [-0.15, -0.1) is 0 Å². The van der Waals surface area contributed by atoms with E-state index in [0.717, 1.165) is 16.7 Å². The summed E-state index contributed by atoms with van der Waals surface area (Å²) in [4.78, 5) is 28.6. The van der Waals surface area contributed by atoms with Crippen LogP contribution < -0.4 is 10.6 Å². The Morgan fingerprint density at radius 3 is 2.41 bits per heavy atom. The van der Waals surface area contributed by atoms with Gasteiger partial charge in [0.15, 0.2) is 0 Å². The van der Waals surface area contributed by atoms with E-state index in [0.29, 0.717) is 24.2 Å². The number of para-hydroxylation sites is 1. The number of nitrogens with zero attached hydrogens (tertiary/aromatic N) is 1. The predicted molar refractivity (Wildman–Crippen MR) is 105 cm³/mol. The number of pyridine rings is 1. The Kier molecular flexibility index (Phi) is 5.94. The molecular weight excluding hydrogens is 338 g/mol. The number of aryl methyl sites for hydroxylation is 1. The zero-order valence-corrected chi connectivity index (χ0v) is 15.1. The summed E-state index contributed by atoms with van der Waals surface area (Å²) in [5.74, 6) is -0.292. The van der Waals surface area contributed by atoms with E-state index < -0.39 is 0 Å². The number of hydrogen-bond acceptors (Lipinski definition) is 3. The molecular formula is C22H21N3O2. The Bertz CT molecular complexity index is 939. The Hall–Kier alpha value is -3.47. The van der Waals surface area contributed by atoms with Gasteiger partial charge in [0, 0.05) is 24.6 Å². The molecule has 0 aliphatic rings. The molecule has 3 rings (SSSR count). The van der Waals surface area contributed by atoms with Crippen LogP contribution in [0.4, 0.5) is 5.69 Å². The second kappa shape index (κ2) is 8.76. The molecule has 2 amide bonds. The van der Waals surface area contributed by atoms with Crippen LogP contribution in [0.1, 0.15) is 27.0 Å². The maximum Gasteiger partial charge on any atom is 0.253 e. The van der Waals surface area contributed by atoms with E-state index in [9.17, 15) is 9.59 Å². The van der Waals surface area contributed by atoms with Crippen molar-refractivity contribution in [3.05, 3.63) is 95.3 Å². The number of aromatic nitrogens is 1. The number of rotatable bonds is 6. The lowest BCUT2D eigenvalue weighted by Crippen LogP contribution is -2.24. The molecule has 1 aromatic heterocycles. The van der Waals surface area contributed by atoms with Crippen LogP contribution in [0.25, 0.3) is 0 Å². The van der Waals surface area contributed by atoms with Gasteiger partial charge in [-0.05, 0) is 41.8 Å². The van der Waals surface area contributed by atoms with Crippen LogP contribution in [0, 0.1) is 6.92 Å². The Morgan fingerprint density at radius 1 is 0.926 bits per heavy atom. The van der Waals surface area contributed by atoms with Gasteiger partial charge in [-0.25, -0.2) is 0 Å². The van der Waals surface area contributed by atoms with Gasteiger partial charge >= 0.3 is 0 Å². The molecule has 0 aliphatic heterocycles. The van der Waals surface area contributed by atoms with Crippen molar-refractivity contribution in [1.29, 1.82) is 0 Å². The molecule has 0 fully saturated rings. The molecule has 2 N–H and O–H groups in total. The molecule has 0 unspecified atom stereocenters. The van der Waals surface area contributed by atoms with Gasteiger partial charge in [0.1, 0.15) is 0 Å². The fourth-order valence-electron chi connectivity index (χ4n) is 2.75. The van der Waals surface area contributed by atoms with Gasteiger partial charge in [-0.2, -0.15) is 0 Å². The van der Waals surface area contributed by atoms with E-state index in [1.807, 2.05) is 55.5 Å². The lowest BCUT2D eigenvalue weighted by molar-refractivity contribution is -0.115. The number of benzene rings is 2. The van der Waals surface area contributed by atoms with Gasteiger partial charge in [0.05, 0.1) is 12.0 Å². The molecule has 27 heavy (non-hydrogen) atoms. The minimum absolute atomic E-state index is 0.0877. The van der Waals surface area contributed by atoms with Crippen molar-refractivity contribution >= 4 is 17.5 Å². The van der Waals surface area contributed by atoms with E-state index in [2.05, 4.69) is 15.6 Å². The summed E-state index contributed by atoms with van der Waals surface area (Å²) in [5.41, 5.74) is 4.12. The molecule has 5 heteroatoms. The molecule has 0 radical (unpaired) electrons. The molecule has 3 aromatic rings. The summed E-state index contributed by atoms with van der Waals surface area (Å²) in [5, 5.41) is 5.80. The average molecular weight is 359 g/mol. The number of carbonyl (C=O) groups excluding carboxylic acids is 2. The van der Waals surface area contributed by atoms with Crippen LogP contribution in [0.15, 0.2) is 73.1 Å². The molecule has 0 aliphatic carbocycles. The maximum absolute atomic E-state index is 12.4. The van der Waals surface area contributed by atoms with Crippen molar-refractivity contribution in [2.24, 2.45) is 0 Å². The number of anilines is 1. The van der Waals surface area contributed by atoms with Crippen LogP contribution in [0.2, 0.25) is 0 Å². The van der Waals surface area contributed by atoms with Gasteiger partial charge in [0.25, 0.3) is 5.91 Å². The summed E-state index contributed by atoms with van der Waals surface area (Å²) >= 11 is 0. The predicted octanol–water partition coefficient (Wildman–Crippen LogP) is 3.50. The summed E-state index contributed by atoms with van der Waals surface area (Å²) in [6, 6.07) is 18.7. The Labute approximate surface area is 158 Å². The SMILES string of the molecule is Cc1ccccc1CC(=O)Nc1ccccc1CNC(=O)c1cccnc1. The molecule has 1 heterocycles. The van der Waals surface area contributed by atoms with Crippen molar-refractivity contribution in [2.45, 2.75) is 19.9 Å². The molecule has 2 aromatic carbocycles. The summed E-state index contributed by atoms with van der Waals surface area (Å²) in [6.07, 6.45) is 3.45. The fourth-order valence-corrected chi connectivity index (χ4v) is 2.75. The van der Waals surface area contributed by atoms with Crippen molar-refractivity contribution < 1.29 is 9.59 Å². The third kappa shape index (κ3) is 5.01. The monoisotopic (exact) mass is 359 g/mol. The normalized spacial score (nSPS) is 10.3. The Morgan fingerprint density at radius 2 is 1.67 bits per heavy atom. The topological polar surface area (TPSA) is 71.1 Å². The summed E-state index contributed by atoms with van der Waals surface area (Å²) in [6.45, 7) is 2.30. The molecule has 0 bridgehead atoms. The Balaban J connectivity index is 1.64. The highest BCUT2D eigenvalue weighted by Crippen LogP contribution is 2.16. The number of nitrogens with one attached hydrogen (secondary N) is 2. The molecule has 0 atom stereocenters. The van der Waals surface area contributed by atoms with Crippen molar-refractivity contribution in [3.63, 3.8) is 0 Å². The number of amides is 2. The first kappa shape index (κ1) is 18.3. The first-order valence-corrected chi connectivity index (χ1v) is 8.74. The summed E-state index contributed by atoms with van der Waals surface area (Å²) < 4.78 is 0.